The lowest BCUT2D eigenvalue weighted by molar-refractivity contribution is -0.143. The van der Waals surface area contributed by atoms with Gasteiger partial charge in [-0.1, -0.05) is 36.8 Å². The molecule has 0 aliphatic rings. The predicted molar refractivity (Wildman–Crippen MR) is 128 cm³/mol. The fourth-order valence-corrected chi connectivity index (χ4v) is 3.50. The number of benzene rings is 2. The maximum absolute atomic E-state index is 13.2. The maximum Gasteiger partial charge on any atom is 0.261 e. The van der Waals surface area contributed by atoms with E-state index in [-0.39, 0.29) is 24.0 Å². The van der Waals surface area contributed by atoms with Crippen LogP contribution in [0.4, 0.5) is 0 Å². The molecule has 0 aromatic heterocycles. The van der Waals surface area contributed by atoms with E-state index in [1.165, 1.54) is 0 Å². The van der Waals surface area contributed by atoms with Gasteiger partial charge in [0.15, 0.2) is 6.61 Å². The van der Waals surface area contributed by atoms with Gasteiger partial charge in [0.05, 0.1) is 0 Å². The summed E-state index contributed by atoms with van der Waals surface area (Å²) >= 11 is 2.22. The summed E-state index contributed by atoms with van der Waals surface area (Å²) in [6.07, 6.45) is 0.517. The van der Waals surface area contributed by atoms with E-state index >= 15 is 0 Å². The normalized spacial score (nSPS) is 12.2. The molecule has 5 nitrogen and oxygen atoms in total. The number of aryl methyl sites for hydroxylation is 1. The van der Waals surface area contributed by atoms with Gasteiger partial charge < -0.3 is 15.0 Å². The number of rotatable bonds is 8. The topological polar surface area (TPSA) is 58.6 Å². The molecule has 2 aromatic carbocycles. The van der Waals surface area contributed by atoms with Crippen molar-refractivity contribution in [3.05, 3.63) is 63.2 Å². The summed E-state index contributed by atoms with van der Waals surface area (Å²) in [5.41, 5.74) is 1.72. The molecule has 2 rings (SSSR count). The predicted octanol–water partition coefficient (Wildman–Crippen LogP) is 4.70. The summed E-state index contributed by atoms with van der Waals surface area (Å²) in [5.74, 6) is 0.262. The smallest absolute Gasteiger partial charge is 0.261 e. The molecule has 0 radical (unpaired) electrons. The lowest BCUT2D eigenvalue weighted by atomic mass is 10.1. The molecule has 1 unspecified atom stereocenters. The molecule has 30 heavy (non-hydrogen) atoms. The third-order valence-corrected chi connectivity index (χ3v) is 5.21. The number of hydrogen-bond acceptors (Lipinski definition) is 3. The maximum atomic E-state index is 13.2. The van der Waals surface area contributed by atoms with Crippen LogP contribution in [0.5, 0.6) is 5.75 Å². The van der Waals surface area contributed by atoms with Crippen LogP contribution in [0.1, 0.15) is 45.2 Å². The molecule has 0 heterocycles. The lowest BCUT2D eigenvalue weighted by Crippen LogP contribution is -2.54. The average molecular weight is 522 g/mol. The van der Waals surface area contributed by atoms with Gasteiger partial charge in [-0.05, 0) is 86.5 Å². The molecule has 2 amide bonds. The highest BCUT2D eigenvalue weighted by Crippen LogP contribution is 2.17. The Balaban J connectivity index is 2.22. The molecule has 0 saturated heterocycles. The van der Waals surface area contributed by atoms with Gasteiger partial charge in [-0.15, -0.1) is 0 Å². The van der Waals surface area contributed by atoms with Crippen molar-refractivity contribution >= 4 is 34.4 Å². The van der Waals surface area contributed by atoms with E-state index in [1.54, 1.807) is 4.90 Å². The summed E-state index contributed by atoms with van der Waals surface area (Å²) in [6.45, 7) is 9.97. The molecule has 6 heteroatoms. The first-order chi connectivity index (χ1) is 14.1. The fourth-order valence-electron chi connectivity index (χ4n) is 3.14. The van der Waals surface area contributed by atoms with Crippen LogP contribution in [0.3, 0.4) is 0 Å². The molecule has 1 atom stereocenters. The van der Waals surface area contributed by atoms with Gasteiger partial charge in [0.2, 0.25) is 5.91 Å². The average Bonchev–Trinajstić information content (AvgIpc) is 2.66. The summed E-state index contributed by atoms with van der Waals surface area (Å²) in [4.78, 5) is 27.7. The van der Waals surface area contributed by atoms with E-state index in [4.69, 9.17) is 4.74 Å². The van der Waals surface area contributed by atoms with E-state index < -0.39 is 6.04 Å². The number of carbonyl (C=O) groups is 2. The summed E-state index contributed by atoms with van der Waals surface area (Å²) in [7, 11) is 0. The number of amides is 2. The molecule has 0 aliphatic carbocycles. The lowest BCUT2D eigenvalue weighted by Gasteiger charge is -2.33. The minimum absolute atomic E-state index is 0.119. The van der Waals surface area contributed by atoms with Gasteiger partial charge in [0.25, 0.3) is 5.91 Å². The Morgan fingerprint density at radius 3 is 2.37 bits per heavy atom. The fraction of sp³-hybridized carbons (Fsp3) is 0.417. The molecule has 2 aromatic rings. The van der Waals surface area contributed by atoms with Crippen LogP contribution < -0.4 is 10.1 Å². The van der Waals surface area contributed by atoms with Gasteiger partial charge in [-0.25, -0.2) is 0 Å². The van der Waals surface area contributed by atoms with Crippen LogP contribution in [0.25, 0.3) is 0 Å². The Bertz CT molecular complexity index is 859. The molecule has 0 spiro atoms. The Morgan fingerprint density at radius 1 is 1.13 bits per heavy atom. The first-order valence-electron chi connectivity index (χ1n) is 10.1. The number of hydrogen-bond donors (Lipinski definition) is 1. The highest BCUT2D eigenvalue weighted by Gasteiger charge is 2.30. The number of halogens is 1. The third-order valence-electron chi connectivity index (χ3n) is 4.50. The SMILES string of the molecule is CCC(C(=O)NC(C)(C)C)N(Cc1cccc(C)c1)C(=O)COc1ccc(I)cc1. The molecule has 0 aliphatic heterocycles. The van der Waals surface area contributed by atoms with Crippen LogP contribution in [0.2, 0.25) is 0 Å². The van der Waals surface area contributed by atoms with E-state index in [0.29, 0.717) is 18.7 Å². The molecule has 0 saturated carbocycles. The first-order valence-corrected chi connectivity index (χ1v) is 11.2. The second-order valence-electron chi connectivity index (χ2n) is 8.42. The van der Waals surface area contributed by atoms with Crippen molar-refractivity contribution in [1.82, 2.24) is 10.2 Å². The number of nitrogens with one attached hydrogen (secondary N) is 1. The molecular formula is C24H31IN2O3. The summed E-state index contributed by atoms with van der Waals surface area (Å²) in [5, 5.41) is 3.01. The molecular weight excluding hydrogens is 491 g/mol. The largest absolute Gasteiger partial charge is 0.484 e. The quantitative estimate of drug-likeness (QED) is 0.512. The van der Waals surface area contributed by atoms with E-state index in [9.17, 15) is 9.59 Å². The standard InChI is InChI=1S/C24H31IN2O3/c1-6-21(23(29)26-24(3,4)5)27(15-18-9-7-8-17(2)14-18)22(28)16-30-20-12-10-19(25)11-13-20/h7-14,21H,6,15-16H2,1-5H3,(H,26,29). The highest BCUT2D eigenvalue weighted by atomic mass is 127. The van der Waals surface area contributed by atoms with Gasteiger partial charge in [-0.3, -0.25) is 9.59 Å². The summed E-state index contributed by atoms with van der Waals surface area (Å²) < 4.78 is 6.81. The van der Waals surface area contributed by atoms with E-state index in [2.05, 4.69) is 27.9 Å². The molecule has 0 bridgehead atoms. The minimum Gasteiger partial charge on any atom is -0.484 e. The van der Waals surface area contributed by atoms with Crippen molar-refractivity contribution in [2.45, 2.75) is 59.2 Å². The van der Waals surface area contributed by atoms with Gasteiger partial charge in [0.1, 0.15) is 11.8 Å². The molecule has 1 N–H and O–H groups in total. The number of nitrogens with zero attached hydrogens (tertiary/aromatic N) is 1. The van der Waals surface area contributed by atoms with Crippen LogP contribution in [-0.4, -0.2) is 34.9 Å². The zero-order chi connectivity index (χ0) is 22.3. The Labute approximate surface area is 193 Å². The second kappa shape index (κ2) is 10.8. The van der Waals surface area contributed by atoms with Crippen LogP contribution in [-0.2, 0) is 16.1 Å². The van der Waals surface area contributed by atoms with Gasteiger partial charge in [-0.2, -0.15) is 0 Å². The number of ether oxygens (including phenoxy) is 1. The molecule has 0 fully saturated rings. The Hall–Kier alpha value is -2.09. The summed E-state index contributed by atoms with van der Waals surface area (Å²) in [6, 6.07) is 14.9. The van der Waals surface area contributed by atoms with Crippen molar-refractivity contribution in [3.63, 3.8) is 0 Å². The monoisotopic (exact) mass is 522 g/mol. The van der Waals surface area contributed by atoms with Crippen molar-refractivity contribution in [2.75, 3.05) is 6.61 Å². The van der Waals surface area contributed by atoms with Crippen molar-refractivity contribution in [3.8, 4) is 5.75 Å². The zero-order valence-electron chi connectivity index (χ0n) is 18.4. The van der Waals surface area contributed by atoms with Crippen molar-refractivity contribution < 1.29 is 14.3 Å². The van der Waals surface area contributed by atoms with E-state index in [0.717, 1.165) is 14.7 Å². The zero-order valence-corrected chi connectivity index (χ0v) is 20.5. The first kappa shape index (κ1) is 24.2. The number of carbonyl (C=O) groups excluding carboxylic acids is 2. The Morgan fingerprint density at radius 2 is 1.80 bits per heavy atom. The second-order valence-corrected chi connectivity index (χ2v) is 9.66. The van der Waals surface area contributed by atoms with E-state index in [1.807, 2.05) is 83.1 Å². The Kier molecular flexibility index (Phi) is 8.70. The van der Waals surface area contributed by atoms with Crippen molar-refractivity contribution in [1.29, 1.82) is 0 Å². The van der Waals surface area contributed by atoms with Crippen LogP contribution in [0, 0.1) is 10.5 Å². The third kappa shape index (κ3) is 7.63. The van der Waals surface area contributed by atoms with Gasteiger partial charge in [0, 0.05) is 15.7 Å². The molecule has 162 valence electrons. The van der Waals surface area contributed by atoms with Crippen molar-refractivity contribution in [2.24, 2.45) is 0 Å². The van der Waals surface area contributed by atoms with Crippen LogP contribution in [0.15, 0.2) is 48.5 Å². The van der Waals surface area contributed by atoms with Crippen LogP contribution >= 0.6 is 22.6 Å². The van der Waals surface area contributed by atoms with Gasteiger partial charge >= 0.3 is 0 Å². The highest BCUT2D eigenvalue weighted by molar-refractivity contribution is 14.1. The minimum atomic E-state index is -0.572.